The molecule has 0 fully saturated rings. The van der Waals surface area contributed by atoms with Crippen LogP contribution in [-0.2, 0) is 29.4 Å². The summed E-state index contributed by atoms with van der Waals surface area (Å²) in [6.07, 6.45) is 1.68. The first-order valence-electron chi connectivity index (χ1n) is 5.97. The predicted molar refractivity (Wildman–Crippen MR) is 73.9 cm³/mol. The van der Waals surface area contributed by atoms with Crippen LogP contribution >= 0.6 is 0 Å². The van der Waals surface area contributed by atoms with Crippen molar-refractivity contribution >= 4 is 10.0 Å². The molecule has 0 aliphatic carbocycles. The topological polar surface area (TPSA) is 64.0 Å². The number of aromatic nitrogens is 2. The summed E-state index contributed by atoms with van der Waals surface area (Å²) in [6, 6.07) is 9.12. The van der Waals surface area contributed by atoms with E-state index in [4.69, 9.17) is 0 Å². The molecule has 2 rings (SSSR count). The van der Waals surface area contributed by atoms with Crippen LogP contribution < -0.4 is 4.72 Å². The van der Waals surface area contributed by atoms with E-state index >= 15 is 0 Å². The number of benzene rings is 1. The summed E-state index contributed by atoms with van der Waals surface area (Å²) in [7, 11) is -1.50. The summed E-state index contributed by atoms with van der Waals surface area (Å²) >= 11 is 0. The molecule has 0 aliphatic rings. The lowest BCUT2D eigenvalue weighted by molar-refractivity contribution is 0.580. The Kier molecular flexibility index (Phi) is 4.01. The standard InChI is InChI=1S/C13H17N3O2S/c1-11-13(8-14-16(11)2)9-15-19(17,18)10-12-6-4-3-5-7-12/h3-8,15H,9-10H2,1-2H3. The van der Waals surface area contributed by atoms with Crippen LogP contribution in [0.2, 0.25) is 0 Å². The van der Waals surface area contributed by atoms with E-state index in [2.05, 4.69) is 9.82 Å². The van der Waals surface area contributed by atoms with Gasteiger partial charge in [0.2, 0.25) is 10.0 Å². The Morgan fingerprint density at radius 2 is 1.95 bits per heavy atom. The summed E-state index contributed by atoms with van der Waals surface area (Å²) in [6.45, 7) is 2.18. The molecule has 0 atom stereocenters. The van der Waals surface area contributed by atoms with Gasteiger partial charge in [0.05, 0.1) is 11.9 Å². The fourth-order valence-corrected chi connectivity index (χ4v) is 2.86. The fraction of sp³-hybridized carbons (Fsp3) is 0.308. The van der Waals surface area contributed by atoms with E-state index in [1.807, 2.05) is 32.2 Å². The highest BCUT2D eigenvalue weighted by Gasteiger charge is 2.12. The van der Waals surface area contributed by atoms with E-state index in [1.54, 1.807) is 23.0 Å². The van der Waals surface area contributed by atoms with Crippen molar-refractivity contribution in [3.05, 3.63) is 53.3 Å². The summed E-state index contributed by atoms with van der Waals surface area (Å²) in [5, 5.41) is 4.08. The minimum Gasteiger partial charge on any atom is -0.273 e. The van der Waals surface area contributed by atoms with E-state index in [0.717, 1.165) is 16.8 Å². The van der Waals surface area contributed by atoms with Crippen molar-refractivity contribution in [2.45, 2.75) is 19.2 Å². The van der Waals surface area contributed by atoms with Crippen molar-refractivity contribution in [1.82, 2.24) is 14.5 Å². The second kappa shape index (κ2) is 5.54. The number of aryl methyl sites for hydroxylation is 1. The van der Waals surface area contributed by atoms with Gasteiger partial charge in [0.25, 0.3) is 0 Å². The van der Waals surface area contributed by atoms with E-state index in [-0.39, 0.29) is 12.3 Å². The lowest BCUT2D eigenvalue weighted by Gasteiger charge is -2.06. The van der Waals surface area contributed by atoms with Crippen LogP contribution in [0.3, 0.4) is 0 Å². The Bertz CT molecular complexity index is 648. The molecule has 1 aromatic heterocycles. The van der Waals surface area contributed by atoms with Crippen molar-refractivity contribution in [3.63, 3.8) is 0 Å². The van der Waals surface area contributed by atoms with E-state index in [9.17, 15) is 8.42 Å². The molecule has 0 spiro atoms. The lowest BCUT2D eigenvalue weighted by atomic mass is 10.2. The van der Waals surface area contributed by atoms with Gasteiger partial charge in [-0.2, -0.15) is 5.10 Å². The number of sulfonamides is 1. The molecule has 0 aliphatic heterocycles. The van der Waals surface area contributed by atoms with Crippen molar-refractivity contribution in [2.75, 3.05) is 0 Å². The second-order valence-corrected chi connectivity index (χ2v) is 6.25. The van der Waals surface area contributed by atoms with Crippen LogP contribution in [0.25, 0.3) is 0 Å². The smallest absolute Gasteiger partial charge is 0.216 e. The highest BCUT2D eigenvalue weighted by atomic mass is 32.2. The molecule has 19 heavy (non-hydrogen) atoms. The minimum atomic E-state index is -3.33. The van der Waals surface area contributed by atoms with Gasteiger partial charge in [-0.1, -0.05) is 30.3 Å². The lowest BCUT2D eigenvalue weighted by Crippen LogP contribution is -2.24. The molecule has 0 saturated carbocycles. The van der Waals surface area contributed by atoms with Crippen molar-refractivity contribution in [2.24, 2.45) is 7.05 Å². The quantitative estimate of drug-likeness (QED) is 0.898. The highest BCUT2D eigenvalue weighted by molar-refractivity contribution is 7.88. The van der Waals surface area contributed by atoms with Crippen LogP contribution in [-0.4, -0.2) is 18.2 Å². The SMILES string of the molecule is Cc1c(CNS(=O)(=O)Cc2ccccc2)cnn1C. The Morgan fingerprint density at radius 1 is 1.26 bits per heavy atom. The molecule has 6 heteroatoms. The maximum Gasteiger partial charge on any atom is 0.216 e. The Hall–Kier alpha value is -1.66. The first kappa shape index (κ1) is 13.8. The molecule has 1 aromatic carbocycles. The third-order valence-electron chi connectivity index (χ3n) is 3.02. The minimum absolute atomic E-state index is 0.00680. The predicted octanol–water partition coefficient (Wildman–Crippen LogP) is 1.35. The zero-order valence-electron chi connectivity index (χ0n) is 11.0. The zero-order chi connectivity index (χ0) is 13.9. The van der Waals surface area contributed by atoms with Crippen LogP contribution in [0, 0.1) is 6.92 Å². The average molecular weight is 279 g/mol. The summed E-state index contributed by atoms with van der Waals surface area (Å²) < 4.78 is 28.2. The molecule has 5 nitrogen and oxygen atoms in total. The van der Waals surface area contributed by atoms with Gasteiger partial charge in [-0.05, 0) is 12.5 Å². The van der Waals surface area contributed by atoms with Gasteiger partial charge < -0.3 is 0 Å². The Labute approximate surface area is 113 Å². The molecular weight excluding hydrogens is 262 g/mol. The Balaban J connectivity index is 2.00. The molecule has 0 saturated heterocycles. The Morgan fingerprint density at radius 3 is 2.53 bits per heavy atom. The first-order chi connectivity index (χ1) is 8.98. The van der Waals surface area contributed by atoms with E-state index in [1.165, 1.54) is 0 Å². The summed E-state index contributed by atoms with van der Waals surface area (Å²) in [5.74, 6) is -0.00680. The van der Waals surface area contributed by atoms with Gasteiger partial charge >= 0.3 is 0 Å². The van der Waals surface area contributed by atoms with Gasteiger partial charge in [0, 0.05) is 24.8 Å². The summed E-state index contributed by atoms with van der Waals surface area (Å²) in [4.78, 5) is 0. The maximum absolute atomic E-state index is 12.0. The zero-order valence-corrected chi connectivity index (χ0v) is 11.8. The van der Waals surface area contributed by atoms with Gasteiger partial charge in [0.1, 0.15) is 0 Å². The number of nitrogens with one attached hydrogen (secondary N) is 1. The largest absolute Gasteiger partial charge is 0.273 e. The number of hydrogen-bond donors (Lipinski definition) is 1. The highest BCUT2D eigenvalue weighted by Crippen LogP contribution is 2.08. The van der Waals surface area contributed by atoms with Gasteiger partial charge in [-0.15, -0.1) is 0 Å². The van der Waals surface area contributed by atoms with Crippen LogP contribution in [0.5, 0.6) is 0 Å². The molecule has 0 radical (unpaired) electrons. The van der Waals surface area contributed by atoms with Gasteiger partial charge in [-0.3, -0.25) is 4.68 Å². The molecule has 0 bridgehead atoms. The normalized spacial score (nSPS) is 11.7. The fourth-order valence-electron chi connectivity index (χ4n) is 1.75. The van der Waals surface area contributed by atoms with E-state index < -0.39 is 10.0 Å². The molecule has 2 aromatic rings. The number of hydrogen-bond acceptors (Lipinski definition) is 3. The third-order valence-corrected chi connectivity index (χ3v) is 4.32. The van der Waals surface area contributed by atoms with Gasteiger partial charge in [-0.25, -0.2) is 13.1 Å². The van der Waals surface area contributed by atoms with Crippen LogP contribution in [0.15, 0.2) is 36.5 Å². The third kappa shape index (κ3) is 3.65. The average Bonchev–Trinajstić information content (AvgIpc) is 2.68. The van der Waals surface area contributed by atoms with Crippen molar-refractivity contribution in [1.29, 1.82) is 0 Å². The summed E-state index contributed by atoms with van der Waals surface area (Å²) in [5.41, 5.74) is 2.62. The number of rotatable bonds is 5. The second-order valence-electron chi connectivity index (χ2n) is 4.44. The van der Waals surface area contributed by atoms with E-state index in [0.29, 0.717) is 0 Å². The molecule has 1 N–H and O–H groups in total. The number of nitrogens with zero attached hydrogens (tertiary/aromatic N) is 2. The molecule has 1 heterocycles. The molecular formula is C13H17N3O2S. The first-order valence-corrected chi connectivity index (χ1v) is 7.62. The van der Waals surface area contributed by atoms with Crippen LogP contribution in [0.4, 0.5) is 0 Å². The van der Waals surface area contributed by atoms with Crippen molar-refractivity contribution < 1.29 is 8.42 Å². The molecule has 102 valence electrons. The van der Waals surface area contributed by atoms with Crippen molar-refractivity contribution in [3.8, 4) is 0 Å². The molecule has 0 amide bonds. The maximum atomic E-state index is 12.0. The van der Waals surface area contributed by atoms with Gasteiger partial charge in [0.15, 0.2) is 0 Å². The molecule has 0 unspecified atom stereocenters. The monoisotopic (exact) mass is 279 g/mol. The van der Waals surface area contributed by atoms with Crippen LogP contribution in [0.1, 0.15) is 16.8 Å².